The number of nitrogens with zero attached hydrogens (tertiary/aromatic N) is 2. The summed E-state index contributed by atoms with van der Waals surface area (Å²) in [6.07, 6.45) is 6.00. The molecule has 0 aliphatic carbocycles. The maximum Gasteiger partial charge on any atom is 0.327 e. The molecule has 0 saturated carbocycles. The summed E-state index contributed by atoms with van der Waals surface area (Å²) >= 11 is 0. The van der Waals surface area contributed by atoms with Crippen LogP contribution < -0.4 is 0 Å². The highest BCUT2D eigenvalue weighted by Gasteiger charge is 2.52. The minimum Gasteiger partial charge on any atom is -0.395 e. The van der Waals surface area contributed by atoms with Crippen LogP contribution in [0.3, 0.4) is 0 Å². The van der Waals surface area contributed by atoms with Gasteiger partial charge in [-0.3, -0.25) is 9.69 Å². The van der Waals surface area contributed by atoms with Gasteiger partial charge in [0.05, 0.1) is 19.8 Å². The molecule has 1 saturated heterocycles. The van der Waals surface area contributed by atoms with E-state index in [1.807, 2.05) is 0 Å². The molecular weight excluding hydrogens is 272 g/mol. The van der Waals surface area contributed by atoms with Crippen LogP contribution in [0.15, 0.2) is 0 Å². The maximum atomic E-state index is 12.5. The zero-order valence-electron chi connectivity index (χ0n) is 13.2. The van der Waals surface area contributed by atoms with Gasteiger partial charge in [0.25, 0.3) is 5.91 Å². The lowest BCUT2D eigenvalue weighted by Crippen LogP contribution is -2.48. The Labute approximate surface area is 126 Å². The van der Waals surface area contributed by atoms with E-state index >= 15 is 0 Å². The van der Waals surface area contributed by atoms with Crippen LogP contribution in [0.4, 0.5) is 4.79 Å². The number of hydrogen-bond donors (Lipinski definition) is 2. The Morgan fingerprint density at radius 2 is 1.62 bits per heavy atom. The number of β-amino-alcohol motifs (C(OH)–C–C–N with tert-alkyl or cyclic N) is 2. The van der Waals surface area contributed by atoms with Crippen molar-refractivity contribution in [2.75, 3.05) is 26.3 Å². The van der Waals surface area contributed by atoms with Crippen LogP contribution in [-0.4, -0.2) is 63.8 Å². The summed E-state index contributed by atoms with van der Waals surface area (Å²) in [6.45, 7) is 3.67. The molecule has 0 spiro atoms. The lowest BCUT2D eigenvalue weighted by molar-refractivity contribution is -0.133. The Balaban J connectivity index is 2.73. The first-order valence-corrected chi connectivity index (χ1v) is 7.88. The number of imide groups is 1. The van der Waals surface area contributed by atoms with Gasteiger partial charge in [-0.2, -0.15) is 0 Å². The molecule has 122 valence electrons. The van der Waals surface area contributed by atoms with E-state index in [0.717, 1.165) is 30.6 Å². The molecule has 3 amide bonds. The molecule has 2 N–H and O–H groups in total. The van der Waals surface area contributed by atoms with E-state index in [9.17, 15) is 9.59 Å². The van der Waals surface area contributed by atoms with Gasteiger partial charge >= 0.3 is 6.03 Å². The SMILES string of the molecule is CCCCCCCC1(C)C(=O)N(CCO)C(=O)N1CCO. The first-order valence-electron chi connectivity index (χ1n) is 7.88. The highest BCUT2D eigenvalue weighted by atomic mass is 16.3. The molecule has 6 nitrogen and oxygen atoms in total. The second-order valence-electron chi connectivity index (χ2n) is 5.78. The van der Waals surface area contributed by atoms with Crippen LogP contribution in [0.5, 0.6) is 0 Å². The fourth-order valence-electron chi connectivity index (χ4n) is 2.90. The molecule has 0 radical (unpaired) electrons. The van der Waals surface area contributed by atoms with Crippen molar-refractivity contribution in [1.29, 1.82) is 0 Å². The van der Waals surface area contributed by atoms with Crippen molar-refractivity contribution < 1.29 is 19.8 Å². The molecule has 0 aromatic carbocycles. The number of aliphatic hydroxyl groups excluding tert-OH is 2. The van der Waals surface area contributed by atoms with Gasteiger partial charge < -0.3 is 15.1 Å². The van der Waals surface area contributed by atoms with Gasteiger partial charge in [-0.1, -0.05) is 39.0 Å². The number of carbonyl (C=O) groups is 2. The van der Waals surface area contributed by atoms with Gasteiger partial charge in [-0.05, 0) is 13.3 Å². The Hall–Kier alpha value is -1.14. The van der Waals surface area contributed by atoms with Gasteiger partial charge in [-0.15, -0.1) is 0 Å². The quantitative estimate of drug-likeness (QED) is 0.471. The van der Waals surface area contributed by atoms with E-state index in [2.05, 4.69) is 6.92 Å². The summed E-state index contributed by atoms with van der Waals surface area (Å²) < 4.78 is 0. The maximum absolute atomic E-state index is 12.5. The Morgan fingerprint density at radius 3 is 2.19 bits per heavy atom. The third-order valence-electron chi connectivity index (χ3n) is 4.18. The minimum atomic E-state index is -0.888. The number of amides is 3. The van der Waals surface area contributed by atoms with E-state index in [0.29, 0.717) is 6.42 Å². The van der Waals surface area contributed by atoms with Crippen LogP contribution in [0.2, 0.25) is 0 Å². The Morgan fingerprint density at radius 1 is 1.00 bits per heavy atom. The van der Waals surface area contributed by atoms with Crippen molar-refractivity contribution in [1.82, 2.24) is 9.80 Å². The van der Waals surface area contributed by atoms with Gasteiger partial charge in [-0.25, -0.2) is 4.79 Å². The summed E-state index contributed by atoms with van der Waals surface area (Å²) in [7, 11) is 0. The third-order valence-corrected chi connectivity index (χ3v) is 4.18. The van der Waals surface area contributed by atoms with Gasteiger partial charge in [0.2, 0.25) is 0 Å². The number of aliphatic hydroxyl groups is 2. The summed E-state index contributed by atoms with van der Waals surface area (Å²) in [5.41, 5.74) is -0.888. The number of rotatable bonds is 10. The lowest BCUT2D eigenvalue weighted by Gasteiger charge is -2.31. The highest BCUT2D eigenvalue weighted by molar-refractivity contribution is 6.06. The minimum absolute atomic E-state index is 0.0189. The first kappa shape index (κ1) is 17.9. The topological polar surface area (TPSA) is 81.1 Å². The molecule has 1 rings (SSSR count). The summed E-state index contributed by atoms with van der Waals surface area (Å²) in [6, 6.07) is -0.404. The van der Waals surface area contributed by atoms with Crippen LogP contribution in [0.25, 0.3) is 0 Å². The molecule has 0 aromatic heterocycles. The average Bonchev–Trinajstić information content (AvgIpc) is 2.63. The van der Waals surface area contributed by atoms with E-state index in [4.69, 9.17) is 10.2 Å². The monoisotopic (exact) mass is 300 g/mol. The Kier molecular flexibility index (Phi) is 7.11. The van der Waals surface area contributed by atoms with E-state index in [-0.39, 0.29) is 32.2 Å². The normalized spacial score (nSPS) is 22.5. The number of carbonyl (C=O) groups excluding carboxylic acids is 2. The number of unbranched alkanes of at least 4 members (excludes halogenated alkanes) is 4. The zero-order valence-corrected chi connectivity index (χ0v) is 13.2. The fourth-order valence-corrected chi connectivity index (χ4v) is 2.90. The third kappa shape index (κ3) is 3.95. The zero-order chi connectivity index (χ0) is 15.9. The van der Waals surface area contributed by atoms with Crippen LogP contribution in [0.1, 0.15) is 52.4 Å². The molecule has 0 aromatic rings. The lowest BCUT2D eigenvalue weighted by atomic mass is 9.92. The molecule has 1 aliphatic heterocycles. The number of urea groups is 1. The summed E-state index contributed by atoms with van der Waals surface area (Å²) in [5.74, 6) is -0.259. The molecule has 21 heavy (non-hydrogen) atoms. The van der Waals surface area contributed by atoms with Crippen LogP contribution >= 0.6 is 0 Å². The van der Waals surface area contributed by atoms with Crippen molar-refractivity contribution in [2.24, 2.45) is 0 Å². The van der Waals surface area contributed by atoms with E-state index in [1.54, 1.807) is 6.92 Å². The van der Waals surface area contributed by atoms with Gasteiger partial charge in [0, 0.05) is 6.54 Å². The molecule has 6 heteroatoms. The fraction of sp³-hybridized carbons (Fsp3) is 0.867. The highest BCUT2D eigenvalue weighted by Crippen LogP contribution is 2.32. The van der Waals surface area contributed by atoms with Crippen molar-refractivity contribution in [2.45, 2.75) is 57.9 Å². The molecule has 1 fully saturated rings. The second-order valence-corrected chi connectivity index (χ2v) is 5.78. The van der Waals surface area contributed by atoms with Gasteiger partial charge in [0.1, 0.15) is 5.54 Å². The molecule has 1 unspecified atom stereocenters. The standard InChI is InChI=1S/C15H28N2O4/c1-3-4-5-6-7-8-15(2)13(20)16(9-11-18)14(21)17(15)10-12-19/h18-19H,3-12H2,1-2H3. The van der Waals surface area contributed by atoms with E-state index < -0.39 is 11.6 Å². The van der Waals surface area contributed by atoms with Crippen LogP contribution in [-0.2, 0) is 4.79 Å². The smallest absolute Gasteiger partial charge is 0.327 e. The van der Waals surface area contributed by atoms with E-state index in [1.165, 1.54) is 11.3 Å². The average molecular weight is 300 g/mol. The molecule has 1 aliphatic rings. The predicted octanol–water partition coefficient (Wildman–Crippen LogP) is 1.35. The molecular formula is C15H28N2O4. The first-order chi connectivity index (χ1) is 10.0. The van der Waals surface area contributed by atoms with Crippen molar-refractivity contribution >= 4 is 11.9 Å². The largest absolute Gasteiger partial charge is 0.395 e. The number of hydrogen-bond acceptors (Lipinski definition) is 4. The molecule has 0 bridgehead atoms. The summed E-state index contributed by atoms with van der Waals surface area (Å²) in [5, 5.41) is 18.2. The molecule has 1 atom stereocenters. The molecule has 1 heterocycles. The summed E-state index contributed by atoms with van der Waals surface area (Å²) in [4.78, 5) is 27.3. The van der Waals surface area contributed by atoms with Gasteiger partial charge in [0.15, 0.2) is 0 Å². The predicted molar refractivity (Wildman–Crippen MR) is 79.8 cm³/mol. The van der Waals surface area contributed by atoms with Crippen molar-refractivity contribution in [3.63, 3.8) is 0 Å². The van der Waals surface area contributed by atoms with Crippen molar-refractivity contribution in [3.8, 4) is 0 Å². The van der Waals surface area contributed by atoms with Crippen molar-refractivity contribution in [3.05, 3.63) is 0 Å². The second kappa shape index (κ2) is 8.34. The van der Waals surface area contributed by atoms with Crippen LogP contribution in [0, 0.1) is 0 Å². The Bertz CT molecular complexity index is 362.